The van der Waals surface area contributed by atoms with Crippen molar-refractivity contribution in [2.24, 2.45) is 5.10 Å². The number of rotatable bonds is 6. The van der Waals surface area contributed by atoms with Crippen molar-refractivity contribution in [1.29, 1.82) is 0 Å². The van der Waals surface area contributed by atoms with E-state index in [-0.39, 0.29) is 21.7 Å². The van der Waals surface area contributed by atoms with E-state index in [9.17, 15) is 9.90 Å². The van der Waals surface area contributed by atoms with Gasteiger partial charge in [-0.25, -0.2) is 5.43 Å². The summed E-state index contributed by atoms with van der Waals surface area (Å²) in [6.07, 6.45) is 1.90. The Morgan fingerprint density at radius 2 is 1.68 bits per heavy atom. The highest BCUT2D eigenvalue weighted by Gasteiger charge is 2.07. The van der Waals surface area contributed by atoms with Gasteiger partial charge in [0.15, 0.2) is 5.75 Å². The molecule has 3 aromatic rings. The number of hydrogen-bond acceptors (Lipinski definition) is 4. The van der Waals surface area contributed by atoms with Crippen LogP contribution in [0, 0.1) is 0 Å². The highest BCUT2D eigenvalue weighted by Crippen LogP contribution is 2.32. The first-order valence-corrected chi connectivity index (χ1v) is 9.10. The van der Waals surface area contributed by atoms with Gasteiger partial charge in [0, 0.05) is 18.2 Å². The molecule has 0 saturated carbocycles. The normalized spacial score (nSPS) is 10.8. The van der Waals surface area contributed by atoms with Crippen LogP contribution in [0.15, 0.2) is 71.8 Å². The zero-order valence-electron chi connectivity index (χ0n) is 14.6. The van der Waals surface area contributed by atoms with E-state index in [1.165, 1.54) is 6.21 Å². The molecule has 3 rings (SSSR count). The molecule has 0 saturated heterocycles. The Balaban J connectivity index is 1.59. The van der Waals surface area contributed by atoms with Gasteiger partial charge in [-0.3, -0.25) is 4.79 Å². The Morgan fingerprint density at radius 3 is 2.39 bits per heavy atom. The maximum absolute atomic E-state index is 12.3. The largest absolute Gasteiger partial charge is 0.505 e. The highest BCUT2D eigenvalue weighted by molar-refractivity contribution is 6.37. The Kier molecular flexibility index (Phi) is 6.53. The van der Waals surface area contributed by atoms with Crippen LogP contribution in [0.5, 0.6) is 17.2 Å². The fourth-order valence-corrected chi connectivity index (χ4v) is 2.91. The lowest BCUT2D eigenvalue weighted by Crippen LogP contribution is -2.17. The fraction of sp³-hybridized carbons (Fsp3) is 0.0476. The van der Waals surface area contributed by atoms with Crippen LogP contribution in [0.2, 0.25) is 10.0 Å². The van der Waals surface area contributed by atoms with Crippen molar-refractivity contribution in [3.63, 3.8) is 0 Å². The van der Waals surface area contributed by atoms with Gasteiger partial charge in [-0.2, -0.15) is 5.10 Å². The van der Waals surface area contributed by atoms with Crippen LogP contribution in [0.1, 0.15) is 15.9 Å². The number of halogens is 2. The molecule has 0 aliphatic rings. The van der Waals surface area contributed by atoms with Crippen molar-refractivity contribution >= 4 is 35.3 Å². The molecule has 1 amide bonds. The van der Waals surface area contributed by atoms with Crippen molar-refractivity contribution in [1.82, 2.24) is 5.43 Å². The van der Waals surface area contributed by atoms with E-state index in [0.29, 0.717) is 23.5 Å². The standard InChI is InChI=1S/C21H16Cl2N2O3/c22-18-11-14(12-19(23)20(18)26)9-10-24-25-21(27)15-5-4-8-17(13-15)28-16-6-2-1-3-7-16/h1-8,10-13,26H,9H2,(H,25,27)/b24-10+. The third kappa shape index (κ3) is 5.25. The molecule has 0 aliphatic carbocycles. The third-order valence-electron chi connectivity index (χ3n) is 3.74. The average molecular weight is 415 g/mol. The molecule has 2 N–H and O–H groups in total. The number of ether oxygens (including phenoxy) is 1. The average Bonchev–Trinajstić information content (AvgIpc) is 2.70. The zero-order chi connectivity index (χ0) is 19.9. The number of carbonyl (C=O) groups is 1. The summed E-state index contributed by atoms with van der Waals surface area (Å²) in [7, 11) is 0. The number of benzene rings is 3. The summed E-state index contributed by atoms with van der Waals surface area (Å²) in [4.78, 5) is 12.3. The van der Waals surface area contributed by atoms with Gasteiger partial charge in [0.1, 0.15) is 11.5 Å². The number of amides is 1. The van der Waals surface area contributed by atoms with Crippen molar-refractivity contribution < 1.29 is 14.6 Å². The van der Waals surface area contributed by atoms with Gasteiger partial charge in [0.25, 0.3) is 5.91 Å². The van der Waals surface area contributed by atoms with Crippen LogP contribution in [0.4, 0.5) is 0 Å². The van der Waals surface area contributed by atoms with E-state index < -0.39 is 0 Å². The zero-order valence-corrected chi connectivity index (χ0v) is 16.1. The predicted molar refractivity (Wildman–Crippen MR) is 111 cm³/mol. The maximum Gasteiger partial charge on any atom is 0.271 e. The summed E-state index contributed by atoms with van der Waals surface area (Å²) in [6.45, 7) is 0. The summed E-state index contributed by atoms with van der Waals surface area (Å²) in [5.41, 5.74) is 3.63. The van der Waals surface area contributed by atoms with Crippen molar-refractivity contribution in [3.8, 4) is 17.2 Å². The molecule has 0 heterocycles. The first kappa shape index (κ1) is 19.7. The molecule has 5 nitrogen and oxygen atoms in total. The van der Waals surface area contributed by atoms with Crippen molar-refractivity contribution in [2.45, 2.75) is 6.42 Å². The number of nitrogens with zero attached hydrogens (tertiary/aromatic N) is 1. The minimum atomic E-state index is -0.364. The molecule has 0 fully saturated rings. The van der Waals surface area contributed by atoms with E-state index in [0.717, 1.165) is 5.56 Å². The third-order valence-corrected chi connectivity index (χ3v) is 4.31. The van der Waals surface area contributed by atoms with E-state index in [1.54, 1.807) is 36.4 Å². The van der Waals surface area contributed by atoms with Crippen LogP contribution in [-0.4, -0.2) is 17.2 Å². The Morgan fingerprint density at radius 1 is 1.00 bits per heavy atom. The molecule has 28 heavy (non-hydrogen) atoms. The minimum absolute atomic E-state index is 0.157. The van der Waals surface area contributed by atoms with E-state index >= 15 is 0 Å². The van der Waals surface area contributed by atoms with Gasteiger partial charge in [-0.15, -0.1) is 0 Å². The molecule has 0 aliphatic heterocycles. The second-order valence-electron chi connectivity index (χ2n) is 5.81. The molecule has 7 heteroatoms. The maximum atomic E-state index is 12.3. The molecular weight excluding hydrogens is 399 g/mol. The van der Waals surface area contributed by atoms with Gasteiger partial charge in [-0.1, -0.05) is 47.5 Å². The molecule has 0 spiro atoms. The van der Waals surface area contributed by atoms with Crippen molar-refractivity contribution in [2.75, 3.05) is 0 Å². The van der Waals surface area contributed by atoms with Crippen LogP contribution >= 0.6 is 23.2 Å². The lowest BCUT2D eigenvalue weighted by molar-refractivity contribution is 0.0954. The summed E-state index contributed by atoms with van der Waals surface area (Å²) < 4.78 is 5.72. The Labute approximate surface area is 172 Å². The smallest absolute Gasteiger partial charge is 0.271 e. The molecular formula is C21H16Cl2N2O3. The first-order chi connectivity index (χ1) is 13.5. The predicted octanol–water partition coefficient (Wildman–Crippen LogP) is 5.45. The second kappa shape index (κ2) is 9.26. The number of phenols is 1. The molecule has 3 aromatic carbocycles. The Hall–Kier alpha value is -3.02. The number of nitrogens with one attached hydrogen (secondary N) is 1. The summed E-state index contributed by atoms with van der Waals surface area (Å²) in [6, 6.07) is 19.3. The van der Waals surface area contributed by atoms with Gasteiger partial charge < -0.3 is 9.84 Å². The van der Waals surface area contributed by atoms with Gasteiger partial charge in [0.05, 0.1) is 10.0 Å². The fourth-order valence-electron chi connectivity index (χ4n) is 2.38. The first-order valence-electron chi connectivity index (χ1n) is 8.34. The summed E-state index contributed by atoms with van der Waals surface area (Å²) in [5, 5.41) is 13.8. The number of hydrazone groups is 1. The number of aromatic hydroxyl groups is 1. The Bertz CT molecular complexity index is 985. The SMILES string of the molecule is O=C(N/N=C/Cc1cc(Cl)c(O)c(Cl)c1)c1cccc(Oc2ccccc2)c1. The lowest BCUT2D eigenvalue weighted by atomic mass is 10.1. The summed E-state index contributed by atoms with van der Waals surface area (Å²) >= 11 is 11.7. The van der Waals surface area contributed by atoms with E-state index in [4.69, 9.17) is 27.9 Å². The van der Waals surface area contributed by atoms with Crippen LogP contribution in [-0.2, 0) is 6.42 Å². The lowest BCUT2D eigenvalue weighted by Gasteiger charge is -2.07. The molecule has 0 bridgehead atoms. The van der Waals surface area contributed by atoms with Crippen LogP contribution < -0.4 is 10.2 Å². The minimum Gasteiger partial charge on any atom is -0.505 e. The van der Waals surface area contributed by atoms with Crippen molar-refractivity contribution in [3.05, 3.63) is 87.9 Å². The molecule has 0 unspecified atom stereocenters. The van der Waals surface area contributed by atoms with Gasteiger partial charge >= 0.3 is 0 Å². The highest BCUT2D eigenvalue weighted by atomic mass is 35.5. The van der Waals surface area contributed by atoms with Crippen LogP contribution in [0.25, 0.3) is 0 Å². The molecule has 0 atom stereocenters. The summed E-state index contributed by atoms with van der Waals surface area (Å²) in [5.74, 6) is 0.715. The number of para-hydroxylation sites is 1. The van der Waals surface area contributed by atoms with E-state index in [2.05, 4.69) is 10.5 Å². The number of carbonyl (C=O) groups excluding carboxylic acids is 1. The number of hydrogen-bond donors (Lipinski definition) is 2. The molecule has 142 valence electrons. The van der Waals surface area contributed by atoms with Crippen LogP contribution in [0.3, 0.4) is 0 Å². The van der Waals surface area contributed by atoms with E-state index in [1.807, 2.05) is 30.3 Å². The molecule has 0 radical (unpaired) electrons. The quantitative estimate of drug-likeness (QED) is 0.416. The monoisotopic (exact) mass is 414 g/mol. The second-order valence-corrected chi connectivity index (χ2v) is 6.62. The van der Waals surface area contributed by atoms with Gasteiger partial charge in [0.2, 0.25) is 0 Å². The number of phenolic OH excluding ortho intramolecular Hbond substituents is 1. The van der Waals surface area contributed by atoms with Gasteiger partial charge in [-0.05, 0) is 48.0 Å². The topological polar surface area (TPSA) is 70.9 Å². The molecule has 0 aromatic heterocycles.